The van der Waals surface area contributed by atoms with Crippen LogP contribution in [0.5, 0.6) is 0 Å². The number of hydrogen-bond donors (Lipinski definition) is 2. The van der Waals surface area contributed by atoms with E-state index in [4.69, 9.17) is 9.84 Å². The molecule has 6 nitrogen and oxygen atoms in total. The van der Waals surface area contributed by atoms with Crippen molar-refractivity contribution in [2.75, 3.05) is 25.1 Å². The Kier molecular flexibility index (Phi) is 4.36. The first-order valence-corrected chi connectivity index (χ1v) is 4.08. The lowest BCUT2D eigenvalue weighted by Gasteiger charge is -2.03. The van der Waals surface area contributed by atoms with Crippen LogP contribution in [0.2, 0.25) is 0 Å². The summed E-state index contributed by atoms with van der Waals surface area (Å²) < 4.78 is 4.81. The van der Waals surface area contributed by atoms with E-state index in [9.17, 15) is 4.79 Å². The van der Waals surface area contributed by atoms with E-state index >= 15 is 0 Å². The number of aliphatic carboxylic acids is 1. The first-order chi connectivity index (χ1) is 6.79. The smallest absolute Gasteiger partial charge is 0.329 e. The zero-order valence-corrected chi connectivity index (χ0v) is 7.51. The fourth-order valence-electron chi connectivity index (χ4n) is 0.801. The monoisotopic (exact) mass is 197 g/mol. The Labute approximate surface area is 80.9 Å². The minimum absolute atomic E-state index is 0.276. The van der Waals surface area contributed by atoms with E-state index in [1.165, 1.54) is 0 Å². The molecule has 0 bridgehead atoms. The molecule has 0 aliphatic rings. The molecule has 1 aromatic heterocycles. The van der Waals surface area contributed by atoms with Gasteiger partial charge in [-0.25, -0.2) is 9.78 Å². The third kappa shape index (κ3) is 4.36. The maximum absolute atomic E-state index is 10.1. The third-order valence-corrected chi connectivity index (χ3v) is 1.34. The molecular weight excluding hydrogens is 186 g/mol. The molecule has 0 aliphatic heterocycles. The van der Waals surface area contributed by atoms with E-state index in [2.05, 4.69) is 15.3 Å². The molecular formula is C8H11N3O3. The highest BCUT2D eigenvalue weighted by Crippen LogP contribution is 1.95. The van der Waals surface area contributed by atoms with E-state index in [-0.39, 0.29) is 6.61 Å². The molecule has 1 rings (SSSR count). The summed E-state index contributed by atoms with van der Waals surface area (Å²) in [7, 11) is 0. The number of carboxylic acids is 1. The molecule has 1 heterocycles. The molecule has 0 saturated carbocycles. The number of anilines is 1. The van der Waals surface area contributed by atoms with Crippen LogP contribution in [-0.4, -0.2) is 40.8 Å². The predicted octanol–water partition coefficient (Wildman–Crippen LogP) is -0.0103. The van der Waals surface area contributed by atoms with E-state index < -0.39 is 5.97 Å². The van der Waals surface area contributed by atoms with Crippen LogP contribution in [-0.2, 0) is 9.53 Å². The molecule has 0 radical (unpaired) electrons. The van der Waals surface area contributed by atoms with Gasteiger partial charge < -0.3 is 15.2 Å². The molecule has 0 atom stereocenters. The van der Waals surface area contributed by atoms with Gasteiger partial charge in [-0.2, -0.15) is 0 Å². The second-order valence-electron chi connectivity index (χ2n) is 2.46. The number of aromatic nitrogens is 2. The van der Waals surface area contributed by atoms with Crippen molar-refractivity contribution in [3.05, 3.63) is 18.6 Å². The van der Waals surface area contributed by atoms with Gasteiger partial charge in [0.1, 0.15) is 12.4 Å². The number of ether oxygens (including phenoxy) is 1. The van der Waals surface area contributed by atoms with Crippen molar-refractivity contribution >= 4 is 11.8 Å². The Morgan fingerprint density at radius 2 is 2.43 bits per heavy atom. The Bertz CT molecular complexity index is 278. The van der Waals surface area contributed by atoms with Gasteiger partial charge in [0.15, 0.2) is 0 Å². The Morgan fingerprint density at radius 3 is 3.07 bits per heavy atom. The van der Waals surface area contributed by atoms with Gasteiger partial charge in [0.25, 0.3) is 0 Å². The number of carboxylic acid groups (broad SMARTS) is 1. The summed E-state index contributed by atoms with van der Waals surface area (Å²) in [5.41, 5.74) is 0. The zero-order valence-electron chi connectivity index (χ0n) is 7.51. The molecule has 2 N–H and O–H groups in total. The minimum atomic E-state index is -0.968. The molecule has 6 heteroatoms. The molecule has 0 saturated heterocycles. The first kappa shape index (κ1) is 10.4. The highest BCUT2D eigenvalue weighted by atomic mass is 16.5. The van der Waals surface area contributed by atoms with Gasteiger partial charge in [-0.1, -0.05) is 0 Å². The lowest BCUT2D eigenvalue weighted by Crippen LogP contribution is -2.14. The summed E-state index contributed by atoms with van der Waals surface area (Å²) in [6.45, 7) is 0.553. The Balaban J connectivity index is 2.08. The maximum atomic E-state index is 10.1. The predicted molar refractivity (Wildman–Crippen MR) is 49.0 cm³/mol. The Hall–Kier alpha value is -1.69. The van der Waals surface area contributed by atoms with E-state index in [0.717, 1.165) is 0 Å². The van der Waals surface area contributed by atoms with E-state index in [0.29, 0.717) is 19.0 Å². The molecule has 14 heavy (non-hydrogen) atoms. The number of rotatable bonds is 6. The van der Waals surface area contributed by atoms with Crippen LogP contribution in [0.3, 0.4) is 0 Å². The number of hydrogen-bond acceptors (Lipinski definition) is 5. The van der Waals surface area contributed by atoms with Crippen LogP contribution in [0.15, 0.2) is 18.6 Å². The number of nitrogens with one attached hydrogen (secondary N) is 1. The van der Waals surface area contributed by atoms with Crippen molar-refractivity contribution < 1.29 is 14.6 Å². The molecule has 0 fully saturated rings. The number of carbonyl (C=O) groups is 1. The summed E-state index contributed by atoms with van der Waals surface area (Å²) >= 11 is 0. The summed E-state index contributed by atoms with van der Waals surface area (Å²) in [4.78, 5) is 17.9. The molecule has 0 aliphatic carbocycles. The lowest BCUT2D eigenvalue weighted by molar-refractivity contribution is -0.142. The topological polar surface area (TPSA) is 84.3 Å². The van der Waals surface area contributed by atoms with Crippen molar-refractivity contribution in [2.45, 2.75) is 0 Å². The minimum Gasteiger partial charge on any atom is -0.480 e. The molecule has 0 aromatic carbocycles. The molecule has 0 unspecified atom stereocenters. The third-order valence-electron chi connectivity index (χ3n) is 1.34. The number of nitrogens with zero attached hydrogens (tertiary/aromatic N) is 2. The molecule has 0 amide bonds. The molecule has 76 valence electrons. The second-order valence-corrected chi connectivity index (χ2v) is 2.46. The summed E-state index contributed by atoms with van der Waals surface area (Å²) in [6.07, 6.45) is 4.73. The quantitative estimate of drug-likeness (QED) is 0.624. The van der Waals surface area contributed by atoms with Crippen LogP contribution in [0, 0.1) is 0 Å². The Morgan fingerprint density at radius 1 is 1.57 bits per heavy atom. The van der Waals surface area contributed by atoms with Gasteiger partial charge in [0.2, 0.25) is 0 Å². The van der Waals surface area contributed by atoms with Crippen LogP contribution < -0.4 is 5.32 Å². The van der Waals surface area contributed by atoms with Crippen molar-refractivity contribution in [1.82, 2.24) is 9.97 Å². The van der Waals surface area contributed by atoms with Gasteiger partial charge in [0.05, 0.1) is 12.8 Å². The second kappa shape index (κ2) is 5.87. The summed E-state index contributed by atoms with van der Waals surface area (Å²) in [5.74, 6) is -0.323. The summed E-state index contributed by atoms with van der Waals surface area (Å²) in [6, 6.07) is 0. The van der Waals surface area contributed by atoms with Crippen molar-refractivity contribution in [1.29, 1.82) is 0 Å². The fourth-order valence-corrected chi connectivity index (χ4v) is 0.801. The van der Waals surface area contributed by atoms with Crippen LogP contribution >= 0.6 is 0 Å². The largest absolute Gasteiger partial charge is 0.480 e. The van der Waals surface area contributed by atoms with Crippen LogP contribution in [0.25, 0.3) is 0 Å². The zero-order chi connectivity index (χ0) is 10.2. The molecule has 1 aromatic rings. The van der Waals surface area contributed by atoms with Gasteiger partial charge in [-0.3, -0.25) is 4.98 Å². The van der Waals surface area contributed by atoms with Gasteiger partial charge >= 0.3 is 5.97 Å². The fraction of sp³-hybridized carbons (Fsp3) is 0.375. The lowest BCUT2D eigenvalue weighted by atomic mass is 10.6. The van der Waals surface area contributed by atoms with Crippen LogP contribution in [0.1, 0.15) is 0 Å². The molecule has 0 spiro atoms. The SMILES string of the molecule is O=C(O)COCCNc1cnccn1. The first-order valence-electron chi connectivity index (χ1n) is 4.08. The van der Waals surface area contributed by atoms with Crippen molar-refractivity contribution in [3.63, 3.8) is 0 Å². The normalized spacial score (nSPS) is 9.71. The van der Waals surface area contributed by atoms with E-state index in [1.54, 1.807) is 18.6 Å². The summed E-state index contributed by atoms with van der Waals surface area (Å²) in [5, 5.41) is 11.2. The van der Waals surface area contributed by atoms with Gasteiger partial charge in [-0.05, 0) is 0 Å². The van der Waals surface area contributed by atoms with Crippen molar-refractivity contribution in [3.8, 4) is 0 Å². The van der Waals surface area contributed by atoms with Gasteiger partial charge in [0, 0.05) is 18.9 Å². The average molecular weight is 197 g/mol. The highest BCUT2D eigenvalue weighted by Gasteiger charge is 1.95. The van der Waals surface area contributed by atoms with Crippen molar-refractivity contribution in [2.24, 2.45) is 0 Å². The average Bonchev–Trinajstić information content (AvgIpc) is 2.18. The van der Waals surface area contributed by atoms with E-state index in [1.807, 2.05) is 0 Å². The van der Waals surface area contributed by atoms with Gasteiger partial charge in [-0.15, -0.1) is 0 Å². The standard InChI is InChI=1S/C8H11N3O3/c12-8(13)6-14-4-3-11-7-5-9-1-2-10-7/h1-2,5H,3-4,6H2,(H,10,11)(H,12,13). The van der Waals surface area contributed by atoms with Crippen LogP contribution in [0.4, 0.5) is 5.82 Å². The highest BCUT2D eigenvalue weighted by molar-refractivity contribution is 5.67. The maximum Gasteiger partial charge on any atom is 0.329 e.